The number of pyridine rings is 1. The van der Waals surface area contributed by atoms with E-state index in [1.165, 1.54) is 12.8 Å². The second-order valence-corrected chi connectivity index (χ2v) is 5.45. The minimum absolute atomic E-state index is 0.0415. The standard InChI is InChI=1S/C15H22N2O2/c1-11-3-6-13(7-4-11)17-15(18)10-19-14-8-5-12(2)16-9-14/h5,8-9,11,13H,3-4,6-7,10H2,1-2H3,(H,17,18). The van der Waals surface area contributed by atoms with Crippen molar-refractivity contribution in [3.63, 3.8) is 0 Å². The summed E-state index contributed by atoms with van der Waals surface area (Å²) < 4.78 is 5.41. The van der Waals surface area contributed by atoms with Gasteiger partial charge in [0.2, 0.25) is 0 Å². The van der Waals surface area contributed by atoms with Crippen LogP contribution in [-0.4, -0.2) is 23.5 Å². The molecular weight excluding hydrogens is 240 g/mol. The summed E-state index contributed by atoms with van der Waals surface area (Å²) in [4.78, 5) is 15.9. The molecule has 0 atom stereocenters. The normalized spacial score (nSPS) is 22.8. The Morgan fingerprint density at radius 3 is 2.74 bits per heavy atom. The molecule has 0 saturated heterocycles. The molecule has 1 aromatic rings. The van der Waals surface area contributed by atoms with Crippen molar-refractivity contribution < 1.29 is 9.53 Å². The van der Waals surface area contributed by atoms with Crippen LogP contribution in [0.4, 0.5) is 0 Å². The Balaban J connectivity index is 1.71. The summed E-state index contributed by atoms with van der Waals surface area (Å²) in [6.45, 7) is 4.25. The highest BCUT2D eigenvalue weighted by atomic mass is 16.5. The zero-order valence-electron chi connectivity index (χ0n) is 11.7. The molecule has 1 N–H and O–H groups in total. The monoisotopic (exact) mass is 262 g/mol. The van der Waals surface area contributed by atoms with Crippen LogP contribution in [0.1, 0.15) is 38.3 Å². The Bertz CT molecular complexity index is 409. The Kier molecular flexibility index (Phi) is 4.77. The van der Waals surface area contributed by atoms with Crippen molar-refractivity contribution in [1.82, 2.24) is 10.3 Å². The Morgan fingerprint density at radius 2 is 2.11 bits per heavy atom. The fourth-order valence-electron chi connectivity index (χ4n) is 2.36. The van der Waals surface area contributed by atoms with Gasteiger partial charge in [0.1, 0.15) is 5.75 Å². The largest absolute Gasteiger partial charge is 0.482 e. The smallest absolute Gasteiger partial charge is 0.258 e. The molecule has 104 valence electrons. The van der Waals surface area contributed by atoms with Crippen molar-refractivity contribution in [3.05, 3.63) is 24.0 Å². The molecule has 4 heteroatoms. The first-order valence-corrected chi connectivity index (χ1v) is 6.98. The summed E-state index contributed by atoms with van der Waals surface area (Å²) in [5.41, 5.74) is 0.938. The number of hydrogen-bond donors (Lipinski definition) is 1. The fraction of sp³-hybridized carbons (Fsp3) is 0.600. The van der Waals surface area contributed by atoms with Gasteiger partial charge in [0, 0.05) is 11.7 Å². The van der Waals surface area contributed by atoms with Gasteiger partial charge in [-0.05, 0) is 50.7 Å². The highest BCUT2D eigenvalue weighted by Crippen LogP contribution is 2.23. The van der Waals surface area contributed by atoms with Gasteiger partial charge >= 0.3 is 0 Å². The summed E-state index contributed by atoms with van der Waals surface area (Å²) in [7, 11) is 0. The number of aromatic nitrogens is 1. The van der Waals surface area contributed by atoms with Crippen LogP contribution in [0.15, 0.2) is 18.3 Å². The van der Waals surface area contributed by atoms with Crippen LogP contribution in [0.2, 0.25) is 0 Å². The third kappa shape index (κ3) is 4.54. The van der Waals surface area contributed by atoms with Crippen LogP contribution in [-0.2, 0) is 4.79 Å². The lowest BCUT2D eigenvalue weighted by atomic mass is 9.87. The Hall–Kier alpha value is -1.58. The van der Waals surface area contributed by atoms with E-state index in [4.69, 9.17) is 4.74 Å². The molecule has 0 aromatic carbocycles. The van der Waals surface area contributed by atoms with Crippen LogP contribution >= 0.6 is 0 Å². The van der Waals surface area contributed by atoms with E-state index in [9.17, 15) is 4.79 Å². The van der Waals surface area contributed by atoms with Gasteiger partial charge < -0.3 is 10.1 Å². The van der Waals surface area contributed by atoms with E-state index in [-0.39, 0.29) is 12.5 Å². The third-order valence-corrected chi connectivity index (χ3v) is 3.64. The topological polar surface area (TPSA) is 51.2 Å². The molecule has 19 heavy (non-hydrogen) atoms. The lowest BCUT2D eigenvalue weighted by Crippen LogP contribution is -2.39. The molecule has 0 radical (unpaired) electrons. The van der Waals surface area contributed by atoms with Gasteiger partial charge in [-0.2, -0.15) is 0 Å². The maximum atomic E-state index is 11.8. The predicted molar refractivity (Wildman–Crippen MR) is 74.0 cm³/mol. The number of carbonyl (C=O) groups is 1. The average molecular weight is 262 g/mol. The van der Waals surface area contributed by atoms with Gasteiger partial charge in [-0.25, -0.2) is 0 Å². The van der Waals surface area contributed by atoms with E-state index < -0.39 is 0 Å². The van der Waals surface area contributed by atoms with Gasteiger partial charge in [0.05, 0.1) is 6.20 Å². The molecule has 1 aliphatic rings. The van der Waals surface area contributed by atoms with Gasteiger partial charge in [0.25, 0.3) is 5.91 Å². The fourth-order valence-corrected chi connectivity index (χ4v) is 2.36. The maximum absolute atomic E-state index is 11.8. The van der Waals surface area contributed by atoms with Crippen LogP contribution < -0.4 is 10.1 Å². The van der Waals surface area contributed by atoms with E-state index in [0.717, 1.165) is 24.5 Å². The lowest BCUT2D eigenvalue weighted by molar-refractivity contribution is -0.124. The lowest BCUT2D eigenvalue weighted by Gasteiger charge is -2.26. The number of nitrogens with one attached hydrogen (secondary N) is 1. The molecular formula is C15H22N2O2. The zero-order chi connectivity index (χ0) is 13.7. The first-order chi connectivity index (χ1) is 9.13. The summed E-state index contributed by atoms with van der Waals surface area (Å²) in [5.74, 6) is 1.39. The highest BCUT2D eigenvalue weighted by Gasteiger charge is 2.19. The molecule has 1 amide bonds. The van der Waals surface area contributed by atoms with Crippen LogP contribution in [0.25, 0.3) is 0 Å². The molecule has 1 aromatic heterocycles. The van der Waals surface area contributed by atoms with Crippen molar-refractivity contribution in [2.24, 2.45) is 5.92 Å². The summed E-state index contributed by atoms with van der Waals surface area (Å²) >= 11 is 0. The van der Waals surface area contributed by atoms with Crippen molar-refractivity contribution in [2.75, 3.05) is 6.61 Å². The number of aryl methyl sites for hydroxylation is 1. The van der Waals surface area contributed by atoms with Gasteiger partial charge in [-0.1, -0.05) is 6.92 Å². The number of rotatable bonds is 4. The average Bonchev–Trinajstić information content (AvgIpc) is 2.41. The van der Waals surface area contributed by atoms with Gasteiger partial charge in [0.15, 0.2) is 6.61 Å². The second-order valence-electron chi connectivity index (χ2n) is 5.45. The maximum Gasteiger partial charge on any atom is 0.258 e. The van der Waals surface area contributed by atoms with Gasteiger partial charge in [-0.3, -0.25) is 9.78 Å². The van der Waals surface area contributed by atoms with E-state index in [0.29, 0.717) is 11.8 Å². The molecule has 0 bridgehead atoms. The quantitative estimate of drug-likeness (QED) is 0.907. The van der Waals surface area contributed by atoms with Crippen molar-refractivity contribution in [3.8, 4) is 5.75 Å². The minimum Gasteiger partial charge on any atom is -0.482 e. The molecule has 1 saturated carbocycles. The van der Waals surface area contributed by atoms with Crippen LogP contribution in [0.3, 0.4) is 0 Å². The number of carbonyl (C=O) groups excluding carboxylic acids is 1. The van der Waals surface area contributed by atoms with Crippen LogP contribution in [0.5, 0.6) is 5.75 Å². The first kappa shape index (κ1) is 13.8. The predicted octanol–water partition coefficient (Wildman–Crippen LogP) is 2.46. The molecule has 1 aliphatic carbocycles. The number of nitrogens with zero attached hydrogens (tertiary/aromatic N) is 1. The Morgan fingerprint density at radius 1 is 1.37 bits per heavy atom. The zero-order valence-corrected chi connectivity index (χ0v) is 11.7. The van der Waals surface area contributed by atoms with E-state index in [1.807, 2.05) is 19.1 Å². The van der Waals surface area contributed by atoms with Crippen LogP contribution in [0, 0.1) is 12.8 Å². The number of ether oxygens (including phenoxy) is 1. The highest BCUT2D eigenvalue weighted by molar-refractivity contribution is 5.77. The number of amides is 1. The molecule has 0 unspecified atom stereocenters. The van der Waals surface area contributed by atoms with E-state index in [2.05, 4.69) is 17.2 Å². The van der Waals surface area contributed by atoms with Crippen molar-refractivity contribution in [2.45, 2.75) is 45.6 Å². The van der Waals surface area contributed by atoms with Gasteiger partial charge in [-0.15, -0.1) is 0 Å². The molecule has 1 fully saturated rings. The molecule has 1 heterocycles. The molecule has 2 rings (SSSR count). The van der Waals surface area contributed by atoms with E-state index in [1.54, 1.807) is 6.20 Å². The first-order valence-electron chi connectivity index (χ1n) is 6.98. The van der Waals surface area contributed by atoms with E-state index >= 15 is 0 Å². The second kappa shape index (κ2) is 6.55. The molecule has 0 spiro atoms. The molecule has 4 nitrogen and oxygen atoms in total. The summed E-state index contributed by atoms with van der Waals surface area (Å²) in [5, 5.41) is 3.04. The van der Waals surface area contributed by atoms with Crippen molar-refractivity contribution >= 4 is 5.91 Å². The summed E-state index contributed by atoms with van der Waals surface area (Å²) in [6, 6.07) is 4.02. The Labute approximate surface area is 114 Å². The minimum atomic E-state index is -0.0415. The number of hydrogen-bond acceptors (Lipinski definition) is 3. The SMILES string of the molecule is Cc1ccc(OCC(=O)NC2CCC(C)CC2)cn1. The third-order valence-electron chi connectivity index (χ3n) is 3.64. The molecule has 0 aliphatic heterocycles. The summed E-state index contributed by atoms with van der Waals surface area (Å²) in [6.07, 6.45) is 6.21. The van der Waals surface area contributed by atoms with Crippen molar-refractivity contribution in [1.29, 1.82) is 0 Å².